The minimum atomic E-state index is -3.04. The van der Waals surface area contributed by atoms with Crippen molar-refractivity contribution in [2.24, 2.45) is 11.7 Å². The molecule has 1 aliphatic carbocycles. The Balaban J connectivity index is 1.39. The molecule has 1 aromatic carbocycles. The van der Waals surface area contributed by atoms with E-state index < -0.39 is 36.7 Å². The maximum atomic E-state index is 13.7. The van der Waals surface area contributed by atoms with E-state index in [0.717, 1.165) is 12.8 Å². The summed E-state index contributed by atoms with van der Waals surface area (Å²) in [5, 5.41) is 9.29. The molecule has 3 aliphatic rings. The lowest BCUT2D eigenvalue weighted by molar-refractivity contribution is -0.160. The summed E-state index contributed by atoms with van der Waals surface area (Å²) in [6.45, 7) is -0.580. The van der Waals surface area contributed by atoms with Crippen molar-refractivity contribution < 1.29 is 46.9 Å². The van der Waals surface area contributed by atoms with Crippen LogP contribution >= 0.6 is 0 Å². The van der Waals surface area contributed by atoms with Gasteiger partial charge in [-0.3, -0.25) is 9.59 Å². The number of ether oxygens (including phenoxy) is 3. The van der Waals surface area contributed by atoms with Crippen molar-refractivity contribution in [1.29, 1.82) is 0 Å². The van der Waals surface area contributed by atoms with Crippen molar-refractivity contribution in [1.82, 2.24) is 14.8 Å². The SMILES string of the molecule is C[C@H](N)c1oc(-c2ccc(OC(F)F)c(OCC3CC3)c2)nc1C(=O)N1CCC[C@H]1C(=O)N1CCOC(C(=O)O)C1. The number of benzene rings is 1. The van der Waals surface area contributed by atoms with Gasteiger partial charge in [0.25, 0.3) is 5.91 Å². The summed E-state index contributed by atoms with van der Waals surface area (Å²) in [7, 11) is 0. The zero-order valence-electron chi connectivity index (χ0n) is 22.5. The maximum absolute atomic E-state index is 13.7. The van der Waals surface area contributed by atoms with Crippen LogP contribution in [0, 0.1) is 5.92 Å². The lowest BCUT2D eigenvalue weighted by atomic mass is 10.1. The van der Waals surface area contributed by atoms with Crippen molar-refractivity contribution in [2.75, 3.05) is 32.8 Å². The van der Waals surface area contributed by atoms with E-state index in [2.05, 4.69) is 9.72 Å². The molecule has 12 nitrogen and oxygen atoms in total. The minimum absolute atomic E-state index is 0.0278. The van der Waals surface area contributed by atoms with Crippen molar-refractivity contribution >= 4 is 17.8 Å². The first-order chi connectivity index (χ1) is 19.6. The average molecular weight is 579 g/mol. The largest absolute Gasteiger partial charge is 0.489 e. The number of rotatable bonds is 10. The normalized spacial score (nSPS) is 21.7. The van der Waals surface area contributed by atoms with E-state index in [1.54, 1.807) is 6.92 Å². The Morgan fingerprint density at radius 3 is 2.66 bits per heavy atom. The van der Waals surface area contributed by atoms with Gasteiger partial charge in [0.15, 0.2) is 29.1 Å². The number of amides is 2. The fraction of sp³-hybridized carbons (Fsp3) is 0.556. The Morgan fingerprint density at radius 2 is 1.98 bits per heavy atom. The van der Waals surface area contributed by atoms with Gasteiger partial charge in [-0.25, -0.2) is 9.78 Å². The second-order valence-corrected chi connectivity index (χ2v) is 10.5. The van der Waals surface area contributed by atoms with Gasteiger partial charge in [-0.2, -0.15) is 8.78 Å². The Bertz CT molecular complexity index is 1300. The van der Waals surface area contributed by atoms with Crippen LogP contribution in [0.3, 0.4) is 0 Å². The number of carboxylic acid groups (broad SMARTS) is 1. The van der Waals surface area contributed by atoms with Crippen LogP contribution in [0.4, 0.5) is 8.78 Å². The number of carboxylic acids is 1. The van der Waals surface area contributed by atoms with E-state index in [1.807, 2.05) is 0 Å². The molecule has 5 rings (SSSR count). The molecule has 0 radical (unpaired) electrons. The highest BCUT2D eigenvalue weighted by Crippen LogP contribution is 2.37. The van der Waals surface area contributed by atoms with Gasteiger partial charge in [0, 0.05) is 18.7 Å². The number of morpholine rings is 1. The van der Waals surface area contributed by atoms with Crippen molar-refractivity contribution in [3.63, 3.8) is 0 Å². The van der Waals surface area contributed by atoms with Gasteiger partial charge in [-0.1, -0.05) is 0 Å². The molecule has 2 aliphatic heterocycles. The summed E-state index contributed by atoms with van der Waals surface area (Å²) in [6, 6.07) is 2.72. The zero-order chi connectivity index (χ0) is 29.3. The monoisotopic (exact) mass is 578 g/mol. The number of nitrogens with two attached hydrogens (primary N) is 1. The molecule has 0 spiro atoms. The van der Waals surface area contributed by atoms with E-state index in [0.29, 0.717) is 37.5 Å². The standard InChI is InChI=1S/C27H32F2N4O8/c1-14(30)22-21(25(35)33-8-2-3-17(33)24(34)32-9-10-38-20(12-32)26(36)37)31-23(41-22)16-6-7-18(40-27(28)29)19(11-16)39-13-15-4-5-15/h6-7,11,14-15,17,20,27H,2-5,8-10,12-13,30H2,1H3,(H,36,37)/t14-,17-,20?/m0/s1. The number of nitrogens with zero attached hydrogens (tertiary/aromatic N) is 3. The predicted molar refractivity (Wildman–Crippen MR) is 137 cm³/mol. The molecule has 2 aromatic rings. The van der Waals surface area contributed by atoms with Gasteiger partial charge in [0.1, 0.15) is 6.04 Å². The molecule has 2 saturated heterocycles. The van der Waals surface area contributed by atoms with Gasteiger partial charge in [0.05, 0.1) is 25.8 Å². The molecule has 1 saturated carbocycles. The average Bonchev–Trinajstić information content (AvgIpc) is 3.45. The summed E-state index contributed by atoms with van der Waals surface area (Å²) in [4.78, 5) is 45.7. The topological polar surface area (TPSA) is 158 Å². The smallest absolute Gasteiger partial charge is 0.387 e. The number of hydrogen-bond acceptors (Lipinski definition) is 9. The zero-order valence-corrected chi connectivity index (χ0v) is 22.5. The second-order valence-electron chi connectivity index (χ2n) is 10.5. The number of halogens is 2. The number of hydrogen-bond donors (Lipinski definition) is 2. The van der Waals surface area contributed by atoms with Crippen LogP contribution < -0.4 is 15.2 Å². The highest BCUT2D eigenvalue weighted by atomic mass is 19.3. The number of alkyl halides is 2. The fourth-order valence-corrected chi connectivity index (χ4v) is 4.97. The van der Waals surface area contributed by atoms with Gasteiger partial charge in [-0.15, -0.1) is 0 Å². The van der Waals surface area contributed by atoms with Gasteiger partial charge in [-0.05, 0) is 56.7 Å². The molecule has 1 unspecified atom stereocenters. The number of likely N-dealkylation sites (tertiary alicyclic amines) is 1. The van der Waals surface area contributed by atoms with Crippen molar-refractivity contribution in [3.05, 3.63) is 29.7 Å². The van der Waals surface area contributed by atoms with Crippen LogP contribution in [0.5, 0.6) is 11.5 Å². The maximum Gasteiger partial charge on any atom is 0.387 e. The Hall–Kier alpha value is -3.78. The van der Waals surface area contributed by atoms with Crippen LogP contribution in [0.25, 0.3) is 11.5 Å². The van der Waals surface area contributed by atoms with Crippen molar-refractivity contribution in [3.8, 4) is 23.0 Å². The van der Waals surface area contributed by atoms with Crippen LogP contribution in [0.2, 0.25) is 0 Å². The van der Waals surface area contributed by atoms with Gasteiger partial charge >= 0.3 is 12.6 Å². The van der Waals surface area contributed by atoms with E-state index in [4.69, 9.17) is 19.6 Å². The molecule has 1 aromatic heterocycles. The van der Waals surface area contributed by atoms with E-state index >= 15 is 0 Å². The number of oxazole rings is 1. The number of aliphatic carboxylic acids is 1. The molecular weight excluding hydrogens is 546 g/mol. The number of carbonyl (C=O) groups is 3. The quantitative estimate of drug-likeness (QED) is 0.429. The van der Waals surface area contributed by atoms with Crippen LogP contribution in [-0.4, -0.2) is 89.3 Å². The van der Waals surface area contributed by atoms with Crippen LogP contribution in [0.15, 0.2) is 22.6 Å². The molecule has 3 atom stereocenters. The molecule has 0 bridgehead atoms. The molecule has 222 valence electrons. The lowest BCUT2D eigenvalue weighted by Crippen LogP contribution is -2.54. The molecule has 3 heterocycles. The second kappa shape index (κ2) is 12.0. The van der Waals surface area contributed by atoms with E-state index in [9.17, 15) is 28.3 Å². The summed E-state index contributed by atoms with van der Waals surface area (Å²) >= 11 is 0. The molecular formula is C27H32F2N4O8. The summed E-state index contributed by atoms with van der Waals surface area (Å²) < 4.78 is 47.4. The number of carbonyl (C=O) groups excluding carboxylic acids is 2. The highest BCUT2D eigenvalue weighted by Gasteiger charge is 2.41. The Labute approximate surface area is 234 Å². The molecule has 3 N–H and O–H groups in total. The summed E-state index contributed by atoms with van der Waals surface area (Å²) in [5.41, 5.74) is 6.42. The first-order valence-corrected chi connectivity index (χ1v) is 13.5. The van der Waals surface area contributed by atoms with E-state index in [1.165, 1.54) is 28.0 Å². The van der Waals surface area contributed by atoms with Gasteiger partial charge in [0.2, 0.25) is 11.8 Å². The molecule has 2 amide bonds. The third kappa shape index (κ3) is 6.43. The highest BCUT2D eigenvalue weighted by molar-refractivity contribution is 5.98. The number of aromatic nitrogens is 1. The third-order valence-corrected chi connectivity index (χ3v) is 7.30. The fourth-order valence-electron chi connectivity index (χ4n) is 4.97. The minimum Gasteiger partial charge on any atom is -0.489 e. The van der Waals surface area contributed by atoms with Crippen LogP contribution in [0.1, 0.15) is 54.9 Å². The van der Waals surface area contributed by atoms with E-state index in [-0.39, 0.29) is 54.4 Å². The Kier molecular flexibility index (Phi) is 8.40. The van der Waals surface area contributed by atoms with Crippen LogP contribution in [-0.2, 0) is 14.3 Å². The molecule has 41 heavy (non-hydrogen) atoms. The molecule has 14 heteroatoms. The summed E-state index contributed by atoms with van der Waals surface area (Å²) in [5.74, 6) is -1.61. The lowest BCUT2D eigenvalue weighted by Gasteiger charge is -2.34. The molecule has 3 fully saturated rings. The first kappa shape index (κ1) is 28.7. The Morgan fingerprint density at radius 1 is 1.20 bits per heavy atom. The van der Waals surface area contributed by atoms with Gasteiger partial charge < -0.3 is 39.3 Å². The van der Waals surface area contributed by atoms with Crippen molar-refractivity contribution in [2.45, 2.75) is 57.4 Å². The summed E-state index contributed by atoms with van der Waals surface area (Å²) in [6.07, 6.45) is 1.85. The predicted octanol–water partition coefficient (Wildman–Crippen LogP) is 2.67. The third-order valence-electron chi connectivity index (χ3n) is 7.30. The first-order valence-electron chi connectivity index (χ1n) is 13.5.